The van der Waals surface area contributed by atoms with E-state index in [0.717, 1.165) is 6.42 Å². The maximum atomic E-state index is 10.5. The van der Waals surface area contributed by atoms with Gasteiger partial charge in [0.05, 0.1) is 6.17 Å². The smallest absolute Gasteiger partial charge is 0.208 e. The van der Waals surface area contributed by atoms with Crippen LogP contribution in [0, 0.1) is 0 Å². The van der Waals surface area contributed by atoms with E-state index in [1.165, 1.54) is 4.31 Å². The topological polar surface area (TPSA) is 66.5 Å². The molecule has 1 rings (SSSR count). The minimum Gasteiger partial charge on any atom is -0.342 e. The maximum Gasteiger partial charge on any atom is 0.208 e. The van der Waals surface area contributed by atoms with Crippen molar-refractivity contribution in [1.82, 2.24) is 9.62 Å². The summed E-state index contributed by atoms with van der Waals surface area (Å²) in [5.74, 6) is 0. The third-order valence-corrected chi connectivity index (χ3v) is 2.59. The van der Waals surface area contributed by atoms with E-state index in [2.05, 4.69) is 5.32 Å². The van der Waals surface area contributed by atoms with E-state index in [1.807, 2.05) is 0 Å². The summed E-state index contributed by atoms with van der Waals surface area (Å²) < 4.78 is 22.3. The van der Waals surface area contributed by atoms with Crippen molar-refractivity contribution in [3.63, 3.8) is 0 Å². The second kappa shape index (κ2) is 3.68. The van der Waals surface area contributed by atoms with Crippen molar-refractivity contribution in [2.45, 2.75) is 19.0 Å². The minimum atomic E-state index is -2.54. The molecule has 0 spiro atoms. The van der Waals surface area contributed by atoms with Crippen LogP contribution < -0.4 is 5.32 Å². The van der Waals surface area contributed by atoms with Crippen LogP contribution >= 0.6 is 0 Å². The molecule has 0 aromatic carbocycles. The Kier molecular flexibility index (Phi) is 2.84. The first-order valence-electron chi connectivity index (χ1n) is 3.36. The number of thiol groups is 1. The lowest BCUT2D eigenvalue weighted by molar-refractivity contribution is -0.110. The van der Waals surface area contributed by atoms with E-state index >= 15 is 0 Å². The van der Waals surface area contributed by atoms with Gasteiger partial charge in [-0.2, -0.15) is 4.31 Å². The molecule has 1 aliphatic heterocycles. The first kappa shape index (κ1) is 8.48. The Labute approximate surface area is 66.5 Å². The molecule has 1 fully saturated rings. The van der Waals surface area contributed by atoms with Gasteiger partial charge in [0.25, 0.3) is 0 Å². The van der Waals surface area contributed by atoms with Crippen molar-refractivity contribution >= 4 is 17.3 Å². The zero-order valence-corrected chi connectivity index (χ0v) is 6.79. The molecular weight excluding hydrogens is 168 g/mol. The van der Waals surface area contributed by atoms with Crippen molar-refractivity contribution in [1.29, 1.82) is 0 Å². The molecule has 0 bridgehead atoms. The fraction of sp³-hybridized carbons (Fsp3) is 0.800. The van der Waals surface area contributed by atoms with Gasteiger partial charge in [0.1, 0.15) is 0 Å². The molecule has 1 N–H and O–H groups in total. The molecule has 11 heavy (non-hydrogen) atoms. The Bertz CT molecular complexity index is 208. The molecular formula is C5H10N2O3S. The molecule has 0 saturated carbocycles. The lowest BCUT2D eigenvalue weighted by Crippen LogP contribution is -2.39. The van der Waals surface area contributed by atoms with Gasteiger partial charge in [-0.1, -0.05) is 0 Å². The first-order valence-corrected chi connectivity index (χ1v) is 4.49. The molecule has 6 heteroatoms. The summed E-state index contributed by atoms with van der Waals surface area (Å²) in [5.41, 5.74) is 0. The largest absolute Gasteiger partial charge is 0.342 e. The van der Waals surface area contributed by atoms with Crippen LogP contribution in [0.5, 0.6) is 0 Å². The highest BCUT2D eigenvalue weighted by atomic mass is 32.2. The summed E-state index contributed by atoms with van der Waals surface area (Å²) in [5, 5.41) is 2.44. The van der Waals surface area contributed by atoms with Gasteiger partial charge in [-0.05, 0) is 12.8 Å². The summed E-state index contributed by atoms with van der Waals surface area (Å²) in [6.07, 6.45) is 1.74. The monoisotopic (exact) mass is 178 g/mol. The first-order chi connectivity index (χ1) is 5.25. The van der Waals surface area contributed by atoms with Crippen LogP contribution in [0.4, 0.5) is 0 Å². The molecule has 0 radical (unpaired) electrons. The SMILES string of the molecule is O=CNC1CCCN1[SH](=O)=O. The highest BCUT2D eigenvalue weighted by molar-refractivity contribution is 7.69. The molecule has 64 valence electrons. The van der Waals surface area contributed by atoms with Gasteiger partial charge in [0, 0.05) is 6.54 Å². The van der Waals surface area contributed by atoms with Crippen LogP contribution in [0.1, 0.15) is 12.8 Å². The second-order valence-electron chi connectivity index (χ2n) is 2.34. The predicted octanol–water partition coefficient (Wildman–Crippen LogP) is -1.32. The summed E-state index contributed by atoms with van der Waals surface area (Å²) >= 11 is 0. The van der Waals surface area contributed by atoms with Gasteiger partial charge < -0.3 is 5.32 Å². The molecule has 1 atom stereocenters. The van der Waals surface area contributed by atoms with Crippen molar-refractivity contribution < 1.29 is 13.2 Å². The quantitative estimate of drug-likeness (QED) is 0.416. The Morgan fingerprint density at radius 2 is 2.27 bits per heavy atom. The van der Waals surface area contributed by atoms with E-state index in [0.29, 0.717) is 19.4 Å². The molecule has 1 amide bonds. The van der Waals surface area contributed by atoms with Gasteiger partial charge in [0.15, 0.2) is 0 Å². The fourth-order valence-corrected chi connectivity index (χ4v) is 1.91. The van der Waals surface area contributed by atoms with Gasteiger partial charge in [-0.25, -0.2) is 8.42 Å². The number of nitrogens with one attached hydrogen (secondary N) is 1. The van der Waals surface area contributed by atoms with Crippen molar-refractivity contribution in [3.8, 4) is 0 Å². The number of hydrogen-bond donors (Lipinski definition) is 2. The number of hydrogen-bond acceptors (Lipinski definition) is 3. The van der Waals surface area contributed by atoms with E-state index in [4.69, 9.17) is 0 Å². The van der Waals surface area contributed by atoms with Crippen LogP contribution in [0.25, 0.3) is 0 Å². The van der Waals surface area contributed by atoms with Crippen molar-refractivity contribution in [2.24, 2.45) is 0 Å². The van der Waals surface area contributed by atoms with Gasteiger partial charge >= 0.3 is 0 Å². The third kappa shape index (κ3) is 1.90. The summed E-state index contributed by atoms with van der Waals surface area (Å²) in [7, 11) is -2.54. The number of carbonyl (C=O) groups is 1. The van der Waals surface area contributed by atoms with Gasteiger partial charge in [-0.15, -0.1) is 0 Å². The number of rotatable bonds is 3. The van der Waals surface area contributed by atoms with Crippen LogP contribution in [-0.2, 0) is 15.7 Å². The Balaban J connectivity index is 2.57. The molecule has 1 saturated heterocycles. The van der Waals surface area contributed by atoms with Crippen molar-refractivity contribution in [2.75, 3.05) is 6.54 Å². The van der Waals surface area contributed by atoms with Crippen LogP contribution in [0.3, 0.4) is 0 Å². The second-order valence-corrected chi connectivity index (χ2v) is 3.33. The lowest BCUT2D eigenvalue weighted by Gasteiger charge is -2.15. The lowest BCUT2D eigenvalue weighted by atomic mass is 10.3. The third-order valence-electron chi connectivity index (χ3n) is 1.69. The molecule has 1 aliphatic rings. The maximum absolute atomic E-state index is 10.5. The molecule has 0 aromatic heterocycles. The van der Waals surface area contributed by atoms with Crippen LogP contribution in [-0.4, -0.2) is 31.8 Å². The predicted molar refractivity (Wildman–Crippen MR) is 39.2 cm³/mol. The molecule has 1 unspecified atom stereocenters. The number of nitrogens with zero attached hydrogens (tertiary/aromatic N) is 1. The highest BCUT2D eigenvalue weighted by Gasteiger charge is 2.25. The summed E-state index contributed by atoms with van der Waals surface area (Å²) in [4.78, 5) is 9.99. The zero-order chi connectivity index (χ0) is 8.27. The Morgan fingerprint density at radius 3 is 2.82 bits per heavy atom. The highest BCUT2D eigenvalue weighted by Crippen LogP contribution is 2.13. The molecule has 5 nitrogen and oxygen atoms in total. The number of amides is 1. The van der Waals surface area contributed by atoms with Crippen molar-refractivity contribution in [3.05, 3.63) is 0 Å². The molecule has 1 heterocycles. The molecule has 0 aliphatic carbocycles. The Morgan fingerprint density at radius 1 is 1.55 bits per heavy atom. The minimum absolute atomic E-state index is 0.311. The average molecular weight is 178 g/mol. The molecule has 0 aromatic rings. The standard InChI is InChI=1S/C5H10N2O3S/c8-4-6-5-2-1-3-7(5)11(9)10/h4-5,11H,1-3H2,(H,6,8). The van der Waals surface area contributed by atoms with E-state index in [1.54, 1.807) is 0 Å². The van der Waals surface area contributed by atoms with Gasteiger partial charge in [-0.3, -0.25) is 4.79 Å². The summed E-state index contributed by atoms with van der Waals surface area (Å²) in [6.45, 7) is 0.518. The van der Waals surface area contributed by atoms with Crippen LogP contribution in [0.15, 0.2) is 0 Å². The number of carbonyl (C=O) groups excluding carboxylic acids is 1. The van der Waals surface area contributed by atoms with E-state index in [-0.39, 0.29) is 6.17 Å². The average Bonchev–Trinajstić information content (AvgIpc) is 2.36. The zero-order valence-electron chi connectivity index (χ0n) is 5.90. The van der Waals surface area contributed by atoms with E-state index in [9.17, 15) is 13.2 Å². The van der Waals surface area contributed by atoms with E-state index < -0.39 is 10.9 Å². The van der Waals surface area contributed by atoms with Gasteiger partial charge in [0.2, 0.25) is 17.3 Å². The summed E-state index contributed by atoms with van der Waals surface area (Å²) in [6, 6.07) is 0. The fourth-order valence-electron chi connectivity index (χ4n) is 1.19. The Hall–Kier alpha value is -0.620. The van der Waals surface area contributed by atoms with Crippen LogP contribution in [0.2, 0.25) is 0 Å². The normalized spacial score (nSPS) is 25.7.